The first kappa shape index (κ1) is 29.9. The SMILES string of the molecule is CCC(O)(CC)CCc1ccc(C(CC)(CC)c2ccc(OCCCCCC(=O)O)c(C)c2)cc1C. The van der Waals surface area contributed by atoms with Crippen molar-refractivity contribution in [3.8, 4) is 5.75 Å². The van der Waals surface area contributed by atoms with E-state index < -0.39 is 11.6 Å². The minimum atomic E-state index is -0.734. The number of aryl methyl sites for hydroxylation is 3. The minimum absolute atomic E-state index is 0.0585. The molecule has 0 aliphatic heterocycles. The Labute approximate surface area is 219 Å². The summed E-state index contributed by atoms with van der Waals surface area (Å²) in [5.41, 5.74) is 5.80. The topological polar surface area (TPSA) is 66.8 Å². The highest BCUT2D eigenvalue weighted by Crippen LogP contribution is 2.41. The Kier molecular flexibility index (Phi) is 11.5. The highest BCUT2D eigenvalue weighted by molar-refractivity contribution is 5.66. The maximum Gasteiger partial charge on any atom is 0.303 e. The maximum absolute atomic E-state index is 10.7. The monoisotopic (exact) mass is 496 g/mol. The molecule has 0 aliphatic rings. The summed E-state index contributed by atoms with van der Waals surface area (Å²) in [4.78, 5) is 10.6. The van der Waals surface area contributed by atoms with Gasteiger partial charge in [-0.2, -0.15) is 0 Å². The van der Waals surface area contributed by atoms with Crippen molar-refractivity contribution in [3.05, 3.63) is 64.2 Å². The average molecular weight is 497 g/mol. The van der Waals surface area contributed by atoms with Gasteiger partial charge in [0.25, 0.3) is 0 Å². The van der Waals surface area contributed by atoms with Gasteiger partial charge < -0.3 is 14.9 Å². The summed E-state index contributed by atoms with van der Waals surface area (Å²) in [5, 5.41) is 19.5. The van der Waals surface area contributed by atoms with E-state index in [0.29, 0.717) is 13.0 Å². The molecule has 0 unspecified atom stereocenters. The van der Waals surface area contributed by atoms with Crippen molar-refractivity contribution in [2.45, 2.75) is 117 Å². The Hall–Kier alpha value is -2.33. The van der Waals surface area contributed by atoms with Gasteiger partial charge in [-0.25, -0.2) is 0 Å². The molecule has 2 rings (SSSR count). The van der Waals surface area contributed by atoms with E-state index in [-0.39, 0.29) is 11.8 Å². The second-order valence-electron chi connectivity index (χ2n) is 10.4. The van der Waals surface area contributed by atoms with Crippen molar-refractivity contribution in [1.82, 2.24) is 0 Å². The van der Waals surface area contributed by atoms with Crippen molar-refractivity contribution in [2.75, 3.05) is 6.61 Å². The van der Waals surface area contributed by atoms with Crippen LogP contribution in [-0.2, 0) is 16.6 Å². The zero-order valence-electron chi connectivity index (χ0n) is 23.5. The molecule has 4 nitrogen and oxygen atoms in total. The molecule has 0 saturated carbocycles. The number of aliphatic hydroxyl groups is 1. The Morgan fingerprint density at radius 1 is 0.833 bits per heavy atom. The van der Waals surface area contributed by atoms with Crippen LogP contribution < -0.4 is 4.74 Å². The van der Waals surface area contributed by atoms with Gasteiger partial charge in [-0.05, 0) is 106 Å². The first-order chi connectivity index (χ1) is 17.1. The Bertz CT molecular complexity index is 970. The highest BCUT2D eigenvalue weighted by Gasteiger charge is 2.31. The van der Waals surface area contributed by atoms with Gasteiger partial charge in [0, 0.05) is 11.8 Å². The van der Waals surface area contributed by atoms with Crippen molar-refractivity contribution in [1.29, 1.82) is 0 Å². The lowest BCUT2D eigenvalue weighted by Gasteiger charge is -2.34. The van der Waals surface area contributed by atoms with Gasteiger partial charge in [-0.15, -0.1) is 0 Å². The minimum Gasteiger partial charge on any atom is -0.493 e. The van der Waals surface area contributed by atoms with Gasteiger partial charge >= 0.3 is 5.97 Å². The summed E-state index contributed by atoms with van der Waals surface area (Å²) >= 11 is 0. The van der Waals surface area contributed by atoms with Crippen molar-refractivity contribution in [3.63, 3.8) is 0 Å². The predicted octanol–water partition coefficient (Wildman–Crippen LogP) is 7.92. The summed E-state index contributed by atoms with van der Waals surface area (Å²) in [5.74, 6) is 0.173. The van der Waals surface area contributed by atoms with Gasteiger partial charge in [0.15, 0.2) is 0 Å². The van der Waals surface area contributed by atoms with Crippen LogP contribution in [0.1, 0.15) is 113 Å². The van der Waals surface area contributed by atoms with Gasteiger partial charge in [-0.3, -0.25) is 4.79 Å². The fourth-order valence-corrected chi connectivity index (χ4v) is 5.32. The fraction of sp³-hybridized carbons (Fsp3) is 0.594. The molecule has 0 heterocycles. The number of carboxylic acids is 1. The number of hydrogen-bond donors (Lipinski definition) is 2. The quantitative estimate of drug-likeness (QED) is 0.232. The molecule has 2 aromatic carbocycles. The predicted molar refractivity (Wildman–Crippen MR) is 149 cm³/mol. The van der Waals surface area contributed by atoms with E-state index in [1.165, 1.54) is 22.3 Å². The average Bonchev–Trinajstić information content (AvgIpc) is 2.87. The van der Waals surface area contributed by atoms with Crippen molar-refractivity contribution in [2.24, 2.45) is 0 Å². The van der Waals surface area contributed by atoms with E-state index in [1.54, 1.807) is 0 Å². The number of benzene rings is 2. The number of carbonyl (C=O) groups is 1. The van der Waals surface area contributed by atoms with E-state index in [4.69, 9.17) is 9.84 Å². The molecule has 0 aliphatic carbocycles. The third-order valence-electron chi connectivity index (χ3n) is 8.30. The smallest absolute Gasteiger partial charge is 0.303 e. The summed E-state index contributed by atoms with van der Waals surface area (Å²) < 4.78 is 6.02. The number of carboxylic acid groups (broad SMARTS) is 1. The molecular formula is C32H48O4. The van der Waals surface area contributed by atoms with Crippen molar-refractivity contribution < 1.29 is 19.7 Å². The normalized spacial score (nSPS) is 12.1. The van der Waals surface area contributed by atoms with Crippen LogP contribution in [0.15, 0.2) is 36.4 Å². The Morgan fingerprint density at radius 2 is 1.44 bits per heavy atom. The molecule has 0 atom stereocenters. The molecule has 4 heteroatoms. The fourth-order valence-electron chi connectivity index (χ4n) is 5.32. The molecule has 36 heavy (non-hydrogen) atoms. The van der Waals surface area contributed by atoms with Gasteiger partial charge in [0.05, 0.1) is 12.2 Å². The van der Waals surface area contributed by atoms with Gasteiger partial charge in [0.2, 0.25) is 0 Å². The molecule has 0 radical (unpaired) electrons. The van der Waals surface area contributed by atoms with Crippen LogP contribution in [0, 0.1) is 13.8 Å². The van der Waals surface area contributed by atoms with E-state index in [0.717, 1.165) is 62.7 Å². The molecule has 0 fully saturated rings. The molecule has 2 N–H and O–H groups in total. The van der Waals surface area contributed by atoms with E-state index in [2.05, 4.69) is 77.9 Å². The third-order valence-corrected chi connectivity index (χ3v) is 8.30. The van der Waals surface area contributed by atoms with Gasteiger partial charge in [-0.1, -0.05) is 58.0 Å². The Balaban J connectivity index is 2.18. The van der Waals surface area contributed by atoms with Crippen LogP contribution in [0.25, 0.3) is 0 Å². The number of rotatable bonds is 16. The number of ether oxygens (including phenoxy) is 1. The largest absolute Gasteiger partial charge is 0.493 e. The number of aliphatic carboxylic acids is 1. The lowest BCUT2D eigenvalue weighted by Crippen LogP contribution is -2.28. The number of unbranched alkanes of at least 4 members (excludes halogenated alkanes) is 2. The number of hydrogen-bond acceptors (Lipinski definition) is 3. The third kappa shape index (κ3) is 7.59. The zero-order chi connectivity index (χ0) is 26.8. The second kappa shape index (κ2) is 13.8. The molecule has 200 valence electrons. The van der Waals surface area contributed by atoms with Crippen LogP contribution in [0.2, 0.25) is 0 Å². The molecular weight excluding hydrogens is 448 g/mol. The van der Waals surface area contributed by atoms with Crippen LogP contribution in [0.4, 0.5) is 0 Å². The van der Waals surface area contributed by atoms with Gasteiger partial charge in [0.1, 0.15) is 5.75 Å². The molecule has 0 aromatic heterocycles. The lowest BCUT2D eigenvalue weighted by molar-refractivity contribution is -0.137. The molecule has 0 saturated heterocycles. The Morgan fingerprint density at radius 3 is 1.97 bits per heavy atom. The first-order valence-corrected chi connectivity index (χ1v) is 13.9. The zero-order valence-corrected chi connectivity index (χ0v) is 23.5. The molecule has 0 amide bonds. The van der Waals surface area contributed by atoms with Crippen LogP contribution in [0.5, 0.6) is 5.75 Å². The molecule has 2 aromatic rings. The summed E-state index contributed by atoms with van der Waals surface area (Å²) in [6, 6.07) is 13.5. The lowest BCUT2D eigenvalue weighted by atomic mass is 9.69. The molecule has 0 bridgehead atoms. The standard InChI is InChI=1S/C32H48O4/c1-7-31(35,8-2)20-19-26-15-16-27(22-24(26)5)32(9-3,10-4)28-17-18-29(25(6)23-28)36-21-13-11-12-14-30(33)34/h15-18,22-23,35H,7-14,19-21H2,1-6H3,(H,33,34). The van der Waals surface area contributed by atoms with E-state index in [9.17, 15) is 9.90 Å². The molecule has 0 spiro atoms. The first-order valence-electron chi connectivity index (χ1n) is 13.9. The highest BCUT2D eigenvalue weighted by atomic mass is 16.5. The summed E-state index contributed by atoms with van der Waals surface area (Å²) in [6.45, 7) is 13.6. The van der Waals surface area contributed by atoms with Crippen LogP contribution in [0.3, 0.4) is 0 Å². The summed E-state index contributed by atoms with van der Waals surface area (Å²) in [7, 11) is 0. The summed E-state index contributed by atoms with van der Waals surface area (Å²) in [6.07, 6.45) is 7.95. The van der Waals surface area contributed by atoms with Crippen molar-refractivity contribution >= 4 is 5.97 Å². The van der Waals surface area contributed by atoms with Crippen LogP contribution >= 0.6 is 0 Å². The van der Waals surface area contributed by atoms with E-state index in [1.807, 2.05) is 0 Å². The van der Waals surface area contributed by atoms with E-state index >= 15 is 0 Å². The maximum atomic E-state index is 10.7. The second-order valence-corrected chi connectivity index (χ2v) is 10.4. The van der Waals surface area contributed by atoms with Crippen LogP contribution in [-0.4, -0.2) is 28.4 Å².